The lowest BCUT2D eigenvalue weighted by Gasteiger charge is -2.31. The third-order valence-electron chi connectivity index (χ3n) is 4.50. The van der Waals surface area contributed by atoms with Crippen LogP contribution < -0.4 is 5.32 Å². The Hall–Kier alpha value is -1.32. The Balaban J connectivity index is 2.66. The number of nitrogens with one attached hydrogen (secondary N) is 1. The van der Waals surface area contributed by atoms with Gasteiger partial charge in [0.15, 0.2) is 0 Å². The van der Waals surface area contributed by atoms with Crippen LogP contribution in [-0.4, -0.2) is 44.3 Å². The van der Waals surface area contributed by atoms with Crippen LogP contribution in [0.5, 0.6) is 0 Å². The molecule has 1 heterocycles. The van der Waals surface area contributed by atoms with E-state index in [9.17, 15) is 14.7 Å². The van der Waals surface area contributed by atoms with Crippen molar-refractivity contribution in [3.63, 3.8) is 0 Å². The average molecular weight is 325 g/mol. The zero-order valence-electron chi connectivity index (χ0n) is 14.2. The Morgan fingerprint density at radius 3 is 2.50 bits per heavy atom. The molecule has 2 atom stereocenters. The minimum absolute atomic E-state index is 0.128. The molecule has 0 saturated carbocycles. The number of carboxylic acid groups (broad SMARTS) is 1. The molecule has 1 fully saturated rings. The Bertz CT molecular complexity index is 479. The van der Waals surface area contributed by atoms with Crippen LogP contribution in [0.4, 0.5) is 0 Å². The van der Waals surface area contributed by atoms with Gasteiger partial charge in [-0.1, -0.05) is 33.9 Å². The summed E-state index contributed by atoms with van der Waals surface area (Å²) in [5, 5.41) is 12.0. The van der Waals surface area contributed by atoms with E-state index in [1.54, 1.807) is 0 Å². The fraction of sp³-hybridized carbons (Fsp3) is 0.750. The second-order valence-electron chi connectivity index (χ2n) is 7.34. The predicted molar refractivity (Wildman–Crippen MR) is 88.1 cm³/mol. The Morgan fingerprint density at radius 2 is 2.05 bits per heavy atom. The van der Waals surface area contributed by atoms with Crippen molar-refractivity contribution in [2.75, 3.05) is 13.2 Å². The zero-order valence-corrected chi connectivity index (χ0v) is 15.2. The SMILES string of the molecule is CC(C)(C)[Si](C)(C)C#CC[C@@H](NC(=O)[C@@H]1CCOC1)C(=O)O. The molecule has 1 aliphatic heterocycles. The second kappa shape index (κ2) is 7.29. The third kappa shape index (κ3) is 5.15. The van der Waals surface area contributed by atoms with Gasteiger partial charge < -0.3 is 15.2 Å². The van der Waals surface area contributed by atoms with Gasteiger partial charge in [0.05, 0.1) is 12.5 Å². The van der Waals surface area contributed by atoms with Gasteiger partial charge in [-0.05, 0) is 11.5 Å². The molecule has 0 radical (unpaired) electrons. The first kappa shape index (κ1) is 18.7. The number of rotatable bonds is 4. The van der Waals surface area contributed by atoms with Gasteiger partial charge in [0, 0.05) is 13.0 Å². The molecule has 0 unspecified atom stereocenters. The highest BCUT2D eigenvalue weighted by atomic mass is 28.3. The molecule has 0 aromatic rings. The minimum Gasteiger partial charge on any atom is -0.480 e. The van der Waals surface area contributed by atoms with Crippen molar-refractivity contribution in [2.24, 2.45) is 5.92 Å². The van der Waals surface area contributed by atoms with E-state index in [0.717, 1.165) is 0 Å². The highest BCUT2D eigenvalue weighted by molar-refractivity contribution is 6.87. The Morgan fingerprint density at radius 1 is 1.41 bits per heavy atom. The maximum atomic E-state index is 12.0. The van der Waals surface area contributed by atoms with Crippen LogP contribution in [0.1, 0.15) is 33.6 Å². The van der Waals surface area contributed by atoms with Gasteiger partial charge in [-0.25, -0.2) is 4.79 Å². The van der Waals surface area contributed by atoms with Crippen molar-refractivity contribution in [1.29, 1.82) is 0 Å². The van der Waals surface area contributed by atoms with Gasteiger partial charge in [-0.2, -0.15) is 0 Å². The predicted octanol–water partition coefficient (Wildman–Crippen LogP) is 2.03. The second-order valence-corrected chi connectivity index (χ2v) is 12.3. The zero-order chi connectivity index (χ0) is 17.0. The summed E-state index contributed by atoms with van der Waals surface area (Å²) in [6.07, 6.45) is 0.787. The van der Waals surface area contributed by atoms with E-state index in [2.05, 4.69) is 50.6 Å². The molecule has 0 bridgehead atoms. The standard InChI is InChI=1S/C16H27NO4Si/c1-16(2,3)22(4,5)10-6-7-13(15(19)20)17-14(18)12-8-9-21-11-12/h12-13H,7-9,11H2,1-5H3,(H,17,18)(H,19,20)/t12-,13-/m1/s1. The molecule has 6 heteroatoms. The fourth-order valence-corrected chi connectivity index (χ4v) is 2.71. The highest BCUT2D eigenvalue weighted by Crippen LogP contribution is 2.35. The molecule has 0 aromatic heterocycles. The molecule has 1 aliphatic rings. The van der Waals surface area contributed by atoms with E-state index >= 15 is 0 Å². The molecule has 2 N–H and O–H groups in total. The monoisotopic (exact) mass is 325 g/mol. The van der Waals surface area contributed by atoms with E-state index in [1.165, 1.54) is 0 Å². The molecule has 1 saturated heterocycles. The van der Waals surface area contributed by atoms with Crippen LogP contribution in [0.2, 0.25) is 18.1 Å². The lowest BCUT2D eigenvalue weighted by Crippen LogP contribution is -2.43. The molecule has 0 spiro atoms. The molecule has 1 amide bonds. The van der Waals surface area contributed by atoms with E-state index in [-0.39, 0.29) is 23.3 Å². The normalized spacial score (nSPS) is 20.0. The Kier molecular flexibility index (Phi) is 6.21. The molecule has 1 rings (SSSR count). The number of ether oxygens (including phenoxy) is 1. The van der Waals surface area contributed by atoms with Crippen molar-refractivity contribution in [3.8, 4) is 11.5 Å². The van der Waals surface area contributed by atoms with Crippen molar-refractivity contribution in [2.45, 2.75) is 57.8 Å². The maximum Gasteiger partial charge on any atom is 0.327 e. The van der Waals surface area contributed by atoms with Crippen molar-refractivity contribution >= 4 is 20.0 Å². The number of hydrogen-bond acceptors (Lipinski definition) is 3. The number of aliphatic carboxylic acids is 1. The van der Waals surface area contributed by atoms with E-state index in [0.29, 0.717) is 19.6 Å². The summed E-state index contributed by atoms with van der Waals surface area (Å²) in [4.78, 5) is 23.3. The van der Waals surface area contributed by atoms with E-state index < -0.39 is 20.1 Å². The summed E-state index contributed by atoms with van der Waals surface area (Å²) in [5.74, 6) is 1.46. The summed E-state index contributed by atoms with van der Waals surface area (Å²) in [7, 11) is -1.76. The fourth-order valence-electron chi connectivity index (χ4n) is 1.79. The quantitative estimate of drug-likeness (QED) is 0.612. The van der Waals surface area contributed by atoms with Crippen LogP contribution in [0.25, 0.3) is 0 Å². The van der Waals surface area contributed by atoms with Gasteiger partial charge in [-0.15, -0.1) is 11.5 Å². The van der Waals surface area contributed by atoms with E-state index in [1.807, 2.05) is 0 Å². The summed E-state index contributed by atoms with van der Waals surface area (Å²) >= 11 is 0. The molecule has 5 nitrogen and oxygen atoms in total. The lowest BCUT2D eigenvalue weighted by molar-refractivity contribution is -0.142. The summed E-state index contributed by atoms with van der Waals surface area (Å²) < 4.78 is 5.15. The van der Waals surface area contributed by atoms with Crippen LogP contribution in [-0.2, 0) is 14.3 Å². The highest BCUT2D eigenvalue weighted by Gasteiger charge is 2.34. The maximum absolute atomic E-state index is 12.0. The van der Waals surface area contributed by atoms with Crippen LogP contribution in [0.15, 0.2) is 0 Å². The third-order valence-corrected chi connectivity index (χ3v) is 9.05. The molecular weight excluding hydrogens is 298 g/mol. The molecular formula is C16H27NO4Si. The lowest BCUT2D eigenvalue weighted by atomic mass is 10.1. The molecule has 0 aromatic carbocycles. The van der Waals surface area contributed by atoms with Gasteiger partial charge in [0.1, 0.15) is 14.1 Å². The molecule has 22 heavy (non-hydrogen) atoms. The largest absolute Gasteiger partial charge is 0.480 e. The average Bonchev–Trinajstić information content (AvgIpc) is 2.89. The number of hydrogen-bond donors (Lipinski definition) is 2. The van der Waals surface area contributed by atoms with Gasteiger partial charge in [0.25, 0.3) is 0 Å². The minimum atomic E-state index is -1.76. The topological polar surface area (TPSA) is 75.6 Å². The summed E-state index contributed by atoms with van der Waals surface area (Å²) in [6, 6.07) is -0.953. The molecule has 0 aliphatic carbocycles. The summed E-state index contributed by atoms with van der Waals surface area (Å²) in [5.41, 5.74) is 3.28. The number of amides is 1. The number of carbonyl (C=O) groups excluding carboxylic acids is 1. The molecule has 124 valence electrons. The first-order chi connectivity index (χ1) is 10.0. The van der Waals surface area contributed by atoms with Gasteiger partial charge >= 0.3 is 5.97 Å². The van der Waals surface area contributed by atoms with Crippen molar-refractivity contribution in [3.05, 3.63) is 0 Å². The van der Waals surface area contributed by atoms with E-state index in [4.69, 9.17) is 4.74 Å². The van der Waals surface area contributed by atoms with Crippen molar-refractivity contribution < 1.29 is 19.4 Å². The number of carboxylic acids is 1. The Labute approximate surface area is 133 Å². The van der Waals surface area contributed by atoms with Crippen LogP contribution >= 0.6 is 0 Å². The van der Waals surface area contributed by atoms with Gasteiger partial charge in [-0.3, -0.25) is 4.79 Å². The van der Waals surface area contributed by atoms with Crippen LogP contribution in [0.3, 0.4) is 0 Å². The van der Waals surface area contributed by atoms with Crippen LogP contribution in [0, 0.1) is 17.4 Å². The smallest absolute Gasteiger partial charge is 0.327 e. The first-order valence-corrected chi connectivity index (χ1v) is 10.7. The number of carbonyl (C=O) groups is 2. The first-order valence-electron chi connectivity index (χ1n) is 7.65. The van der Waals surface area contributed by atoms with Gasteiger partial charge in [0.2, 0.25) is 5.91 Å². The van der Waals surface area contributed by atoms with Crippen molar-refractivity contribution in [1.82, 2.24) is 5.32 Å². The summed E-state index contributed by atoms with van der Waals surface area (Å²) in [6.45, 7) is 11.7.